The van der Waals surface area contributed by atoms with Crippen molar-refractivity contribution in [2.24, 2.45) is 0 Å². The van der Waals surface area contributed by atoms with Crippen LogP contribution in [0.15, 0.2) is 6.20 Å². The van der Waals surface area contributed by atoms with Crippen LogP contribution in [-0.2, 0) is 4.74 Å². The Labute approximate surface area is 117 Å². The maximum absolute atomic E-state index is 14.2. The van der Waals surface area contributed by atoms with Crippen molar-refractivity contribution in [2.75, 3.05) is 12.3 Å². The maximum atomic E-state index is 14.2. The number of ether oxygens (including phenoxy) is 1. The van der Waals surface area contributed by atoms with Gasteiger partial charge in [-0.05, 0) is 0 Å². The number of nitrogen functional groups attached to an aromatic ring is 1. The van der Waals surface area contributed by atoms with E-state index in [0.29, 0.717) is 0 Å². The van der Waals surface area contributed by atoms with Gasteiger partial charge in [0.25, 0.3) is 0 Å². The van der Waals surface area contributed by atoms with Gasteiger partial charge < -0.3 is 15.6 Å². The summed E-state index contributed by atoms with van der Waals surface area (Å²) >= 11 is 0. The number of alkyl halides is 1. The number of hydrogen-bond acceptors (Lipinski definition) is 6. The molecule has 9 heteroatoms. The van der Waals surface area contributed by atoms with Crippen LogP contribution in [0.1, 0.15) is 18.2 Å². The Morgan fingerprint density at radius 1 is 1.67 bits per heavy atom. The van der Waals surface area contributed by atoms with E-state index in [1.165, 1.54) is 6.20 Å². The molecule has 0 aromatic carbocycles. The predicted molar refractivity (Wildman–Crippen MR) is 67.1 cm³/mol. The summed E-state index contributed by atoms with van der Waals surface area (Å²) in [5.74, 6) is 2.07. The lowest BCUT2D eigenvalue weighted by molar-refractivity contribution is -0.0434. The summed E-state index contributed by atoms with van der Waals surface area (Å²) in [6.45, 7) is -0.525. The van der Waals surface area contributed by atoms with Crippen LogP contribution in [-0.4, -0.2) is 43.1 Å². The van der Waals surface area contributed by atoms with Crippen molar-refractivity contribution in [2.45, 2.75) is 24.3 Å². The predicted octanol–water partition coefficient (Wildman–Crippen LogP) is 0.00940. The fourth-order valence-electron chi connectivity index (χ4n) is 2.36. The van der Waals surface area contributed by atoms with Gasteiger partial charge in [0.2, 0.25) is 0 Å². The van der Waals surface area contributed by atoms with E-state index in [2.05, 4.69) is 21.0 Å². The number of halogens is 2. The van der Waals surface area contributed by atoms with Gasteiger partial charge in [-0.3, -0.25) is 0 Å². The number of hydrogen-bond donors (Lipinski definition) is 2. The third-order valence-electron chi connectivity index (χ3n) is 3.40. The number of nitrogens with two attached hydrogens (primary N) is 1. The highest BCUT2D eigenvalue weighted by atomic mass is 19.1. The van der Waals surface area contributed by atoms with Crippen LogP contribution in [0.3, 0.4) is 0 Å². The van der Waals surface area contributed by atoms with Crippen LogP contribution in [0, 0.1) is 18.4 Å². The summed E-state index contributed by atoms with van der Waals surface area (Å²) in [6, 6.07) is 0. The number of nitrogens with zero attached hydrogens (tertiary/aromatic N) is 4. The lowest BCUT2D eigenvalue weighted by Crippen LogP contribution is -2.30. The van der Waals surface area contributed by atoms with E-state index < -0.39 is 30.6 Å². The maximum Gasteiger partial charge on any atom is 0.328 e. The molecule has 2 aromatic heterocycles. The summed E-state index contributed by atoms with van der Waals surface area (Å²) in [5, 5.41) is 12.8. The second-order valence-corrected chi connectivity index (χ2v) is 4.74. The van der Waals surface area contributed by atoms with Gasteiger partial charge in [0.15, 0.2) is 17.1 Å². The number of anilines is 1. The van der Waals surface area contributed by atoms with Crippen LogP contribution in [0.2, 0.25) is 0 Å². The van der Waals surface area contributed by atoms with E-state index in [9.17, 15) is 13.9 Å². The molecule has 3 rings (SSSR count). The molecule has 7 nitrogen and oxygen atoms in total. The normalized spacial score (nSPS) is 28.9. The first kappa shape index (κ1) is 13.7. The van der Waals surface area contributed by atoms with Crippen LogP contribution in [0.5, 0.6) is 0 Å². The van der Waals surface area contributed by atoms with E-state index in [1.54, 1.807) is 0 Å². The molecule has 1 saturated heterocycles. The van der Waals surface area contributed by atoms with E-state index in [-0.39, 0.29) is 23.6 Å². The number of aliphatic hydroxyl groups excluding tert-OH is 1. The van der Waals surface area contributed by atoms with Crippen LogP contribution < -0.4 is 5.73 Å². The third-order valence-corrected chi connectivity index (χ3v) is 3.40. The Balaban J connectivity index is 2.08. The SMILES string of the molecule is C#C[C@@]1(CO)C[C@@H](F)[C@H](c2cnc3c(N)nc(F)nn23)O1. The number of aromatic nitrogens is 4. The first-order valence-electron chi connectivity index (χ1n) is 6.07. The zero-order valence-electron chi connectivity index (χ0n) is 10.7. The summed E-state index contributed by atoms with van der Waals surface area (Å²) in [5.41, 5.74) is 4.35. The van der Waals surface area contributed by atoms with Crippen molar-refractivity contribution >= 4 is 11.5 Å². The van der Waals surface area contributed by atoms with Crippen molar-refractivity contribution in [3.63, 3.8) is 0 Å². The van der Waals surface area contributed by atoms with E-state index in [4.69, 9.17) is 16.9 Å². The van der Waals surface area contributed by atoms with Gasteiger partial charge in [-0.2, -0.15) is 9.37 Å². The first-order chi connectivity index (χ1) is 9.99. The van der Waals surface area contributed by atoms with E-state index in [0.717, 1.165) is 4.52 Å². The fraction of sp³-hybridized carbons (Fsp3) is 0.417. The molecule has 0 radical (unpaired) electrons. The number of terminal acetylenes is 1. The van der Waals surface area contributed by atoms with Crippen molar-refractivity contribution in [1.29, 1.82) is 0 Å². The van der Waals surface area contributed by atoms with Crippen LogP contribution in [0.4, 0.5) is 14.6 Å². The highest BCUT2D eigenvalue weighted by Gasteiger charge is 2.47. The quantitative estimate of drug-likeness (QED) is 0.757. The smallest absolute Gasteiger partial charge is 0.328 e. The Hall–Kier alpha value is -2.31. The summed E-state index contributed by atoms with van der Waals surface area (Å²) < 4.78 is 33.9. The molecule has 0 spiro atoms. The molecule has 110 valence electrons. The van der Waals surface area contributed by atoms with Gasteiger partial charge in [0.1, 0.15) is 12.3 Å². The van der Waals surface area contributed by atoms with Gasteiger partial charge in [-0.15, -0.1) is 11.5 Å². The molecule has 1 aliphatic rings. The molecule has 21 heavy (non-hydrogen) atoms. The summed E-state index contributed by atoms with van der Waals surface area (Å²) in [4.78, 5) is 7.25. The second-order valence-electron chi connectivity index (χ2n) is 4.74. The van der Waals surface area contributed by atoms with Crippen molar-refractivity contribution in [3.05, 3.63) is 18.0 Å². The molecule has 0 saturated carbocycles. The zero-order valence-corrected chi connectivity index (χ0v) is 10.7. The molecule has 0 unspecified atom stereocenters. The first-order valence-corrected chi connectivity index (χ1v) is 6.07. The minimum absolute atomic E-state index is 0.0874. The topological polar surface area (TPSA) is 98.6 Å². The average molecular weight is 295 g/mol. The largest absolute Gasteiger partial charge is 0.392 e. The number of imidazole rings is 1. The number of aliphatic hydroxyl groups is 1. The van der Waals surface area contributed by atoms with Crippen molar-refractivity contribution < 1.29 is 18.6 Å². The molecule has 3 atom stereocenters. The molecule has 0 bridgehead atoms. The van der Waals surface area contributed by atoms with Gasteiger partial charge in [0.05, 0.1) is 18.5 Å². The third kappa shape index (κ3) is 2.00. The molecule has 3 heterocycles. The van der Waals surface area contributed by atoms with Crippen LogP contribution in [0.25, 0.3) is 5.65 Å². The van der Waals surface area contributed by atoms with Gasteiger partial charge >= 0.3 is 6.08 Å². The Kier molecular flexibility index (Phi) is 3.00. The molecule has 3 N–H and O–H groups in total. The fourth-order valence-corrected chi connectivity index (χ4v) is 2.36. The lowest BCUT2D eigenvalue weighted by Gasteiger charge is -2.19. The summed E-state index contributed by atoms with van der Waals surface area (Å²) in [6.07, 6.45) is 2.68. The minimum atomic E-state index is -1.49. The monoisotopic (exact) mass is 295 g/mol. The molecule has 0 amide bonds. The van der Waals surface area contributed by atoms with Crippen molar-refractivity contribution in [3.8, 4) is 12.3 Å². The second kappa shape index (κ2) is 4.61. The molecular weight excluding hydrogens is 284 g/mol. The highest BCUT2D eigenvalue weighted by Crippen LogP contribution is 2.41. The van der Waals surface area contributed by atoms with Gasteiger partial charge in [-0.25, -0.2) is 13.9 Å². The average Bonchev–Trinajstić information content (AvgIpc) is 3.00. The summed E-state index contributed by atoms with van der Waals surface area (Å²) in [7, 11) is 0. The Morgan fingerprint density at radius 2 is 2.43 bits per heavy atom. The Morgan fingerprint density at radius 3 is 3.05 bits per heavy atom. The molecule has 1 fully saturated rings. The van der Waals surface area contributed by atoms with E-state index >= 15 is 0 Å². The number of fused-ring (bicyclic) bond motifs is 1. The molecule has 0 aliphatic carbocycles. The van der Waals surface area contributed by atoms with Gasteiger partial charge in [-0.1, -0.05) is 5.92 Å². The van der Waals surface area contributed by atoms with Crippen LogP contribution >= 0.6 is 0 Å². The molecule has 1 aliphatic heterocycles. The standard InChI is InChI=1S/C12H11F2N5O2/c1-2-12(5-20)3-6(13)8(21-12)7-4-16-10-9(15)17-11(14)18-19(7)10/h1,4,6,8,20H,3,5H2,(H2,15,17,18)/t6-,8-,12+/m1/s1. The number of rotatable bonds is 2. The minimum Gasteiger partial charge on any atom is -0.392 e. The van der Waals surface area contributed by atoms with E-state index in [1.807, 2.05) is 0 Å². The van der Waals surface area contributed by atoms with Crippen molar-refractivity contribution in [1.82, 2.24) is 19.6 Å². The molecule has 2 aromatic rings. The lowest BCUT2D eigenvalue weighted by atomic mass is 10.0. The van der Waals surface area contributed by atoms with Gasteiger partial charge in [0, 0.05) is 6.42 Å². The highest BCUT2D eigenvalue weighted by molar-refractivity contribution is 5.59. The Bertz CT molecular complexity index is 743. The zero-order chi connectivity index (χ0) is 15.2. The molecular formula is C12H11F2N5O2.